The third kappa shape index (κ3) is 2.42. The largest absolute Gasteiger partial charge is 0.261 e. The second kappa shape index (κ2) is 5.33. The number of hydrogen-bond acceptors (Lipinski definition) is 3. The lowest BCUT2D eigenvalue weighted by atomic mass is 9.99. The summed E-state index contributed by atoms with van der Waals surface area (Å²) in [6.07, 6.45) is 4.82. The van der Waals surface area contributed by atoms with E-state index in [2.05, 4.69) is 47.2 Å². The fourth-order valence-corrected chi connectivity index (χ4v) is 2.74. The maximum atomic E-state index is 4.52. The van der Waals surface area contributed by atoms with Crippen molar-refractivity contribution in [3.63, 3.8) is 0 Å². The van der Waals surface area contributed by atoms with Gasteiger partial charge in [-0.05, 0) is 23.6 Å². The lowest BCUT2D eigenvalue weighted by molar-refractivity contribution is 1.04. The lowest BCUT2D eigenvalue weighted by Gasteiger charge is -2.09. The molecule has 19 heavy (non-hydrogen) atoms. The Morgan fingerprint density at radius 1 is 1.05 bits per heavy atom. The monoisotopic (exact) mass is 266 g/mol. The van der Waals surface area contributed by atoms with Gasteiger partial charge < -0.3 is 0 Å². The fourth-order valence-electron chi connectivity index (χ4n) is 2.09. The Labute approximate surface area is 116 Å². The Hall–Kier alpha value is -2.00. The first-order chi connectivity index (χ1) is 9.38. The average Bonchev–Trinajstić information content (AvgIpc) is 3.01. The van der Waals surface area contributed by atoms with Crippen LogP contribution in [0.5, 0.6) is 0 Å². The summed E-state index contributed by atoms with van der Waals surface area (Å²) >= 11 is 1.65. The van der Waals surface area contributed by atoms with Crippen molar-refractivity contribution in [2.75, 3.05) is 0 Å². The summed E-state index contributed by atoms with van der Waals surface area (Å²) in [5, 5.41) is 0. The molecule has 0 spiro atoms. The predicted octanol–water partition coefficient (Wildman–Crippen LogP) is 4.43. The zero-order valence-electron chi connectivity index (χ0n) is 10.7. The summed E-state index contributed by atoms with van der Waals surface area (Å²) in [6.45, 7) is 2.13. The number of rotatable bonds is 3. The molecular weight excluding hydrogens is 252 g/mol. The Morgan fingerprint density at radius 2 is 1.89 bits per heavy atom. The number of aromatic nitrogens is 2. The van der Waals surface area contributed by atoms with Crippen molar-refractivity contribution in [2.45, 2.75) is 13.3 Å². The van der Waals surface area contributed by atoms with Crippen LogP contribution in [-0.4, -0.2) is 9.97 Å². The highest BCUT2D eigenvalue weighted by molar-refractivity contribution is 7.13. The van der Waals surface area contributed by atoms with Gasteiger partial charge >= 0.3 is 0 Å². The first-order valence-electron chi connectivity index (χ1n) is 6.31. The summed E-state index contributed by atoms with van der Waals surface area (Å²) in [5.41, 5.74) is 6.59. The summed E-state index contributed by atoms with van der Waals surface area (Å²) in [7, 11) is 0. The smallest absolute Gasteiger partial charge is 0.0797 e. The molecule has 2 nitrogen and oxygen atoms in total. The van der Waals surface area contributed by atoms with Gasteiger partial charge in [-0.3, -0.25) is 9.97 Å². The van der Waals surface area contributed by atoms with Crippen LogP contribution < -0.4 is 0 Å². The maximum Gasteiger partial charge on any atom is 0.0797 e. The van der Waals surface area contributed by atoms with E-state index >= 15 is 0 Å². The van der Waals surface area contributed by atoms with Crippen molar-refractivity contribution in [1.82, 2.24) is 9.97 Å². The molecule has 0 saturated heterocycles. The second-order valence-electron chi connectivity index (χ2n) is 4.31. The number of nitrogens with zero attached hydrogens (tertiary/aromatic N) is 2. The van der Waals surface area contributed by atoms with Gasteiger partial charge in [-0.15, -0.1) is 11.3 Å². The Kier molecular flexibility index (Phi) is 3.38. The van der Waals surface area contributed by atoms with Crippen LogP contribution in [-0.2, 0) is 6.42 Å². The summed E-state index contributed by atoms with van der Waals surface area (Å²) in [5.74, 6) is 0. The topological polar surface area (TPSA) is 25.8 Å². The molecule has 0 atom stereocenters. The van der Waals surface area contributed by atoms with E-state index in [0.29, 0.717) is 0 Å². The highest BCUT2D eigenvalue weighted by atomic mass is 32.1. The van der Waals surface area contributed by atoms with Gasteiger partial charge in [0.25, 0.3) is 0 Å². The molecule has 3 rings (SSSR count). The van der Waals surface area contributed by atoms with E-state index in [-0.39, 0.29) is 0 Å². The van der Waals surface area contributed by atoms with E-state index in [4.69, 9.17) is 0 Å². The quantitative estimate of drug-likeness (QED) is 0.700. The lowest BCUT2D eigenvalue weighted by Crippen LogP contribution is -1.91. The number of benzene rings is 1. The highest BCUT2D eigenvalue weighted by Crippen LogP contribution is 2.33. The van der Waals surface area contributed by atoms with Gasteiger partial charge in [-0.2, -0.15) is 0 Å². The van der Waals surface area contributed by atoms with E-state index in [9.17, 15) is 0 Å². The molecule has 0 unspecified atom stereocenters. The average molecular weight is 266 g/mol. The molecule has 0 bridgehead atoms. The molecule has 0 aliphatic carbocycles. The number of thiazole rings is 1. The van der Waals surface area contributed by atoms with E-state index in [0.717, 1.165) is 22.6 Å². The summed E-state index contributed by atoms with van der Waals surface area (Å²) in [4.78, 5) is 9.85. The molecule has 0 amide bonds. The Morgan fingerprint density at radius 3 is 2.58 bits per heavy atom. The van der Waals surface area contributed by atoms with E-state index in [1.54, 1.807) is 11.3 Å². The van der Waals surface area contributed by atoms with E-state index in [1.807, 2.05) is 24.0 Å². The second-order valence-corrected chi connectivity index (χ2v) is 5.19. The highest BCUT2D eigenvalue weighted by Gasteiger charge is 2.10. The molecule has 0 saturated carbocycles. The third-order valence-corrected chi connectivity index (χ3v) is 3.91. The van der Waals surface area contributed by atoms with Crippen molar-refractivity contribution >= 4 is 11.3 Å². The Balaban J connectivity index is 2.20. The first-order valence-corrected chi connectivity index (χ1v) is 7.19. The van der Waals surface area contributed by atoms with Crippen molar-refractivity contribution < 1.29 is 0 Å². The summed E-state index contributed by atoms with van der Waals surface area (Å²) < 4.78 is 0. The zero-order chi connectivity index (χ0) is 13.1. The van der Waals surface area contributed by atoms with Crippen LogP contribution in [0.25, 0.3) is 21.6 Å². The van der Waals surface area contributed by atoms with E-state index in [1.165, 1.54) is 11.1 Å². The normalized spacial score (nSPS) is 10.6. The van der Waals surface area contributed by atoms with E-state index < -0.39 is 0 Å². The number of aryl methyl sites for hydroxylation is 1. The van der Waals surface area contributed by atoms with Crippen molar-refractivity contribution in [1.29, 1.82) is 0 Å². The van der Waals surface area contributed by atoms with Crippen LogP contribution in [0.15, 0.2) is 54.3 Å². The van der Waals surface area contributed by atoms with Crippen molar-refractivity contribution in [2.24, 2.45) is 0 Å². The molecule has 0 aliphatic heterocycles. The van der Waals surface area contributed by atoms with Crippen LogP contribution in [0.2, 0.25) is 0 Å². The molecule has 2 aromatic heterocycles. The molecule has 3 aromatic rings. The third-order valence-electron chi connectivity index (χ3n) is 3.11. The summed E-state index contributed by atoms with van der Waals surface area (Å²) in [6, 6.07) is 12.6. The van der Waals surface area contributed by atoms with Crippen molar-refractivity contribution in [3.05, 3.63) is 60.0 Å². The number of hydrogen-bond donors (Lipinski definition) is 0. The molecule has 0 fully saturated rings. The van der Waals surface area contributed by atoms with Crippen LogP contribution in [0, 0.1) is 0 Å². The van der Waals surface area contributed by atoms with Gasteiger partial charge in [0.1, 0.15) is 0 Å². The van der Waals surface area contributed by atoms with Gasteiger partial charge in [0.2, 0.25) is 0 Å². The minimum atomic E-state index is 0.947. The minimum absolute atomic E-state index is 0.947. The van der Waals surface area contributed by atoms with Crippen LogP contribution in [0.4, 0.5) is 0 Å². The standard InChI is InChI=1S/C16H14N2S/c1-2-13-8-14(12-6-4-3-5-7-12)15(9-18-13)16-10-17-11-19-16/h3-11H,2H2,1H3. The minimum Gasteiger partial charge on any atom is -0.261 e. The molecule has 1 aromatic carbocycles. The maximum absolute atomic E-state index is 4.52. The molecule has 0 radical (unpaired) electrons. The molecule has 0 N–H and O–H groups in total. The van der Waals surface area contributed by atoms with Gasteiger partial charge in [-0.1, -0.05) is 37.3 Å². The molecule has 0 aliphatic rings. The number of pyridine rings is 1. The molecule has 3 heteroatoms. The predicted molar refractivity (Wildman–Crippen MR) is 80.2 cm³/mol. The van der Waals surface area contributed by atoms with Gasteiger partial charge in [0.15, 0.2) is 0 Å². The SMILES string of the molecule is CCc1cc(-c2ccccc2)c(-c2cncs2)cn1. The molecule has 2 heterocycles. The van der Waals surface area contributed by atoms with Crippen LogP contribution in [0.1, 0.15) is 12.6 Å². The van der Waals surface area contributed by atoms with Crippen LogP contribution >= 0.6 is 11.3 Å². The van der Waals surface area contributed by atoms with Crippen molar-refractivity contribution in [3.8, 4) is 21.6 Å². The van der Waals surface area contributed by atoms with Gasteiger partial charge in [-0.25, -0.2) is 0 Å². The zero-order valence-corrected chi connectivity index (χ0v) is 11.5. The van der Waals surface area contributed by atoms with Crippen LogP contribution in [0.3, 0.4) is 0 Å². The van der Waals surface area contributed by atoms with Gasteiger partial charge in [0.05, 0.1) is 10.4 Å². The Bertz CT molecular complexity index is 660. The molecule has 94 valence electrons. The van der Waals surface area contributed by atoms with Gasteiger partial charge in [0, 0.05) is 23.7 Å². The fraction of sp³-hybridized carbons (Fsp3) is 0.125. The molecular formula is C16H14N2S. The first kappa shape index (κ1) is 12.1.